The third-order valence-electron chi connectivity index (χ3n) is 3.20. The largest absolute Gasteiger partial charge is 0.389 e. The summed E-state index contributed by atoms with van der Waals surface area (Å²) in [5.41, 5.74) is -0.527. The summed E-state index contributed by atoms with van der Waals surface area (Å²) in [5.74, 6) is 1.26. The molecule has 0 amide bonds. The number of hydrogen-bond acceptors (Lipinski definition) is 3. The van der Waals surface area contributed by atoms with Crippen LogP contribution in [-0.2, 0) is 13.5 Å². The Labute approximate surface area is 77.6 Å². The molecule has 1 fully saturated rings. The molecule has 1 N–H and O–H groups in total. The number of aliphatic hydroxyl groups is 1. The van der Waals surface area contributed by atoms with Gasteiger partial charge in [0.1, 0.15) is 12.2 Å². The number of aryl methyl sites for hydroxylation is 1. The number of hydrogen-bond donors (Lipinski definition) is 1. The van der Waals surface area contributed by atoms with Gasteiger partial charge in [-0.15, -0.1) is 0 Å². The summed E-state index contributed by atoms with van der Waals surface area (Å²) >= 11 is 0. The van der Waals surface area contributed by atoms with E-state index in [-0.39, 0.29) is 0 Å². The minimum absolute atomic E-state index is 0.393. The summed E-state index contributed by atoms with van der Waals surface area (Å²) in [6.07, 6.45) is 4.17. The van der Waals surface area contributed by atoms with Crippen molar-refractivity contribution in [1.82, 2.24) is 14.8 Å². The normalized spacial score (nSPS) is 33.0. The van der Waals surface area contributed by atoms with Gasteiger partial charge in [0.2, 0.25) is 0 Å². The van der Waals surface area contributed by atoms with Crippen molar-refractivity contribution in [3.63, 3.8) is 0 Å². The van der Waals surface area contributed by atoms with Gasteiger partial charge in [-0.05, 0) is 18.8 Å². The third-order valence-corrected chi connectivity index (χ3v) is 3.20. The fourth-order valence-corrected chi connectivity index (χ4v) is 1.78. The summed E-state index contributed by atoms with van der Waals surface area (Å²) in [6.45, 7) is 2.08. The average molecular weight is 181 g/mol. The van der Waals surface area contributed by atoms with Gasteiger partial charge in [0.15, 0.2) is 0 Å². The molecule has 2 unspecified atom stereocenters. The second-order valence-electron chi connectivity index (χ2n) is 4.02. The van der Waals surface area contributed by atoms with E-state index in [2.05, 4.69) is 17.0 Å². The second kappa shape index (κ2) is 2.80. The van der Waals surface area contributed by atoms with Crippen molar-refractivity contribution in [1.29, 1.82) is 0 Å². The van der Waals surface area contributed by atoms with Gasteiger partial charge in [0.05, 0.1) is 5.60 Å². The minimum atomic E-state index is -0.527. The van der Waals surface area contributed by atoms with Gasteiger partial charge in [0, 0.05) is 13.5 Å². The Hall–Kier alpha value is -0.900. The van der Waals surface area contributed by atoms with E-state index in [0.717, 1.165) is 18.7 Å². The molecule has 1 aliphatic rings. The van der Waals surface area contributed by atoms with E-state index in [0.29, 0.717) is 12.3 Å². The molecule has 0 spiro atoms. The molecule has 0 aromatic carbocycles. The molecule has 4 heteroatoms. The Bertz CT molecular complexity index is 310. The molecule has 1 heterocycles. The van der Waals surface area contributed by atoms with Gasteiger partial charge in [-0.2, -0.15) is 5.10 Å². The van der Waals surface area contributed by atoms with Crippen LogP contribution in [0.15, 0.2) is 6.33 Å². The van der Waals surface area contributed by atoms with Gasteiger partial charge in [0.25, 0.3) is 0 Å². The maximum absolute atomic E-state index is 10.1. The first-order chi connectivity index (χ1) is 6.12. The maximum atomic E-state index is 10.1. The van der Waals surface area contributed by atoms with Crippen molar-refractivity contribution in [2.45, 2.75) is 31.8 Å². The molecule has 1 aromatic heterocycles. The molecule has 0 aliphatic heterocycles. The van der Waals surface area contributed by atoms with E-state index in [1.165, 1.54) is 6.33 Å². The predicted molar refractivity (Wildman–Crippen MR) is 48.1 cm³/mol. The van der Waals surface area contributed by atoms with Crippen LogP contribution in [0, 0.1) is 5.92 Å². The highest BCUT2D eigenvalue weighted by atomic mass is 16.3. The molecule has 0 bridgehead atoms. The van der Waals surface area contributed by atoms with Crippen molar-refractivity contribution in [3.05, 3.63) is 12.2 Å². The van der Waals surface area contributed by atoms with Gasteiger partial charge in [-0.1, -0.05) is 6.92 Å². The number of aromatic nitrogens is 3. The Morgan fingerprint density at radius 1 is 1.77 bits per heavy atom. The Kier molecular flexibility index (Phi) is 1.87. The van der Waals surface area contributed by atoms with Crippen LogP contribution in [0.25, 0.3) is 0 Å². The van der Waals surface area contributed by atoms with Crippen molar-refractivity contribution >= 4 is 0 Å². The van der Waals surface area contributed by atoms with E-state index in [4.69, 9.17) is 0 Å². The Morgan fingerprint density at radius 3 is 2.92 bits per heavy atom. The van der Waals surface area contributed by atoms with Crippen LogP contribution in [0.3, 0.4) is 0 Å². The molecule has 2 atom stereocenters. The van der Waals surface area contributed by atoms with Crippen LogP contribution in [0.5, 0.6) is 0 Å². The van der Waals surface area contributed by atoms with Crippen LogP contribution >= 0.6 is 0 Å². The highest BCUT2D eigenvalue weighted by Gasteiger charge is 2.42. The molecule has 0 radical (unpaired) electrons. The Morgan fingerprint density at radius 2 is 2.54 bits per heavy atom. The van der Waals surface area contributed by atoms with Crippen LogP contribution < -0.4 is 0 Å². The lowest BCUT2D eigenvalue weighted by Crippen LogP contribution is -2.47. The third kappa shape index (κ3) is 1.35. The van der Waals surface area contributed by atoms with Crippen LogP contribution in [0.1, 0.15) is 25.6 Å². The summed E-state index contributed by atoms with van der Waals surface area (Å²) in [4.78, 5) is 4.11. The zero-order valence-corrected chi connectivity index (χ0v) is 8.06. The van der Waals surface area contributed by atoms with E-state index < -0.39 is 5.60 Å². The van der Waals surface area contributed by atoms with Crippen molar-refractivity contribution in [2.24, 2.45) is 13.0 Å². The SMILES string of the molecule is CC1CCC1(O)Cc1ncnn1C. The fraction of sp³-hybridized carbons (Fsp3) is 0.778. The van der Waals surface area contributed by atoms with Gasteiger partial charge >= 0.3 is 0 Å². The summed E-state index contributed by atoms with van der Waals surface area (Å²) < 4.78 is 1.73. The average Bonchev–Trinajstić information content (AvgIpc) is 2.49. The zero-order chi connectivity index (χ0) is 9.47. The van der Waals surface area contributed by atoms with Crippen LogP contribution in [0.2, 0.25) is 0 Å². The first-order valence-corrected chi connectivity index (χ1v) is 4.67. The van der Waals surface area contributed by atoms with E-state index in [1.54, 1.807) is 4.68 Å². The molecule has 4 nitrogen and oxygen atoms in total. The standard InChI is InChI=1S/C9H15N3O/c1-7-3-4-9(7,13)5-8-10-6-11-12(8)2/h6-7,13H,3-5H2,1-2H3. The predicted octanol–water partition coefficient (Wildman–Crippen LogP) is 0.519. The molecule has 2 rings (SSSR count). The number of rotatable bonds is 2. The molecule has 1 saturated carbocycles. The topological polar surface area (TPSA) is 50.9 Å². The molecule has 0 saturated heterocycles. The second-order valence-corrected chi connectivity index (χ2v) is 4.02. The molecular formula is C9H15N3O. The van der Waals surface area contributed by atoms with E-state index >= 15 is 0 Å². The summed E-state index contributed by atoms with van der Waals surface area (Å²) in [6, 6.07) is 0. The van der Waals surface area contributed by atoms with Crippen molar-refractivity contribution in [3.8, 4) is 0 Å². The van der Waals surface area contributed by atoms with E-state index in [1.807, 2.05) is 7.05 Å². The smallest absolute Gasteiger partial charge is 0.138 e. The molecule has 72 valence electrons. The van der Waals surface area contributed by atoms with Gasteiger partial charge < -0.3 is 5.11 Å². The highest BCUT2D eigenvalue weighted by molar-refractivity contribution is 5.02. The first-order valence-electron chi connectivity index (χ1n) is 4.67. The van der Waals surface area contributed by atoms with E-state index in [9.17, 15) is 5.11 Å². The lowest BCUT2D eigenvalue weighted by atomic mass is 9.68. The Balaban J connectivity index is 2.10. The molecule has 1 aliphatic carbocycles. The first kappa shape index (κ1) is 8.69. The quantitative estimate of drug-likeness (QED) is 0.723. The lowest BCUT2D eigenvalue weighted by Gasteiger charge is -2.43. The van der Waals surface area contributed by atoms with Crippen molar-refractivity contribution in [2.75, 3.05) is 0 Å². The summed E-state index contributed by atoms with van der Waals surface area (Å²) in [5, 5.41) is 14.1. The molecule has 13 heavy (non-hydrogen) atoms. The van der Waals surface area contributed by atoms with Gasteiger partial charge in [-0.3, -0.25) is 4.68 Å². The molecule has 1 aromatic rings. The summed E-state index contributed by atoms with van der Waals surface area (Å²) in [7, 11) is 1.86. The monoisotopic (exact) mass is 181 g/mol. The number of nitrogens with zero attached hydrogens (tertiary/aromatic N) is 3. The minimum Gasteiger partial charge on any atom is -0.389 e. The van der Waals surface area contributed by atoms with Crippen LogP contribution in [0.4, 0.5) is 0 Å². The molecular weight excluding hydrogens is 166 g/mol. The highest BCUT2D eigenvalue weighted by Crippen LogP contribution is 2.40. The maximum Gasteiger partial charge on any atom is 0.138 e. The van der Waals surface area contributed by atoms with Crippen LogP contribution in [-0.4, -0.2) is 25.5 Å². The zero-order valence-electron chi connectivity index (χ0n) is 8.06. The lowest BCUT2D eigenvalue weighted by molar-refractivity contribution is -0.0869. The van der Waals surface area contributed by atoms with Crippen molar-refractivity contribution < 1.29 is 5.11 Å². The fourth-order valence-electron chi connectivity index (χ4n) is 1.78. The van der Waals surface area contributed by atoms with Gasteiger partial charge in [-0.25, -0.2) is 4.98 Å².